The van der Waals surface area contributed by atoms with E-state index in [1.807, 2.05) is 26.0 Å². The van der Waals surface area contributed by atoms with Gasteiger partial charge in [-0.1, -0.05) is 18.2 Å². The number of rotatable bonds is 2. The van der Waals surface area contributed by atoms with Crippen LogP contribution in [0.2, 0.25) is 0 Å². The molecule has 4 rings (SSSR count). The van der Waals surface area contributed by atoms with Crippen molar-refractivity contribution in [3.63, 3.8) is 0 Å². The number of benzene rings is 1. The van der Waals surface area contributed by atoms with Gasteiger partial charge in [0, 0.05) is 0 Å². The fourth-order valence-corrected chi connectivity index (χ4v) is 4.06. The van der Waals surface area contributed by atoms with Crippen LogP contribution in [0, 0.1) is 11.8 Å². The second kappa shape index (κ2) is 4.08. The first-order valence-electron chi connectivity index (χ1n) is 7.39. The number of ether oxygens (including phenoxy) is 1. The van der Waals surface area contributed by atoms with E-state index in [0.29, 0.717) is 5.69 Å². The van der Waals surface area contributed by atoms with Crippen molar-refractivity contribution in [3.05, 3.63) is 42.0 Å². The molecule has 4 atom stereocenters. The highest BCUT2D eigenvalue weighted by Gasteiger charge is 2.70. The zero-order chi connectivity index (χ0) is 16.6. The van der Waals surface area contributed by atoms with Crippen LogP contribution in [0.5, 0.6) is 0 Å². The molecule has 2 amide bonds. The molecule has 6 nitrogen and oxygen atoms in total. The Morgan fingerprint density at radius 3 is 2.22 bits per heavy atom. The summed E-state index contributed by atoms with van der Waals surface area (Å²) in [6.45, 7) is 3.61. The smallest absolute Gasteiger partial charge is 0.335 e. The standard InChI is InChI=1S/C17H15NO5/c1-16-6-7-17(2,23-16)12-11(16)13(19)18(14(12)20)10-5-3-4-9(8-10)15(21)22/h3-8,11-12H,1-2H3,(H,21,22). The third-order valence-corrected chi connectivity index (χ3v) is 5.08. The van der Waals surface area contributed by atoms with Gasteiger partial charge in [-0.15, -0.1) is 0 Å². The summed E-state index contributed by atoms with van der Waals surface area (Å²) in [5.74, 6) is -2.91. The first-order chi connectivity index (χ1) is 10.8. The molecule has 2 bridgehead atoms. The lowest BCUT2D eigenvalue weighted by atomic mass is 9.73. The first-order valence-corrected chi connectivity index (χ1v) is 7.39. The van der Waals surface area contributed by atoms with E-state index in [0.717, 1.165) is 4.90 Å². The van der Waals surface area contributed by atoms with E-state index in [2.05, 4.69) is 0 Å². The molecule has 0 spiro atoms. The number of aromatic carboxylic acids is 1. The third-order valence-electron chi connectivity index (χ3n) is 5.08. The van der Waals surface area contributed by atoms with Crippen molar-refractivity contribution in [3.8, 4) is 0 Å². The Bertz CT molecular complexity index is 764. The molecule has 4 unspecified atom stereocenters. The van der Waals surface area contributed by atoms with Gasteiger partial charge in [0.2, 0.25) is 11.8 Å². The minimum absolute atomic E-state index is 0.0370. The normalized spacial score (nSPS) is 37.6. The quantitative estimate of drug-likeness (QED) is 0.662. The molecule has 0 saturated carbocycles. The van der Waals surface area contributed by atoms with E-state index < -0.39 is 29.0 Å². The number of amides is 2. The number of anilines is 1. The molecule has 3 aliphatic rings. The molecule has 1 aromatic rings. The summed E-state index contributed by atoms with van der Waals surface area (Å²) in [5.41, 5.74) is -1.24. The lowest BCUT2D eigenvalue weighted by Gasteiger charge is -2.25. The topological polar surface area (TPSA) is 83.9 Å². The van der Waals surface area contributed by atoms with Gasteiger partial charge < -0.3 is 9.84 Å². The van der Waals surface area contributed by atoms with Crippen LogP contribution in [0.4, 0.5) is 5.69 Å². The molecule has 0 radical (unpaired) electrons. The van der Waals surface area contributed by atoms with Crippen LogP contribution < -0.4 is 4.90 Å². The zero-order valence-electron chi connectivity index (χ0n) is 12.6. The molecule has 6 heteroatoms. The number of carboxylic acids is 1. The number of carbonyl (C=O) groups excluding carboxylic acids is 2. The van der Waals surface area contributed by atoms with Crippen molar-refractivity contribution >= 4 is 23.5 Å². The maximum atomic E-state index is 12.9. The van der Waals surface area contributed by atoms with Crippen LogP contribution in [0.1, 0.15) is 24.2 Å². The SMILES string of the molecule is CC12C=CC(C)(O1)C1C(=O)N(c3cccc(C(=O)O)c3)C(=O)C12. The Labute approximate surface area is 132 Å². The van der Waals surface area contributed by atoms with Gasteiger partial charge in [0.1, 0.15) is 0 Å². The molecule has 118 valence electrons. The highest BCUT2D eigenvalue weighted by molar-refractivity contribution is 6.23. The zero-order valence-corrected chi connectivity index (χ0v) is 12.6. The van der Waals surface area contributed by atoms with E-state index >= 15 is 0 Å². The van der Waals surface area contributed by atoms with Crippen LogP contribution in [0.3, 0.4) is 0 Å². The molecule has 0 aromatic heterocycles. The second-order valence-electron chi connectivity index (χ2n) is 6.63. The predicted molar refractivity (Wildman–Crippen MR) is 79.9 cm³/mol. The molecule has 3 heterocycles. The summed E-state index contributed by atoms with van der Waals surface area (Å²) < 4.78 is 5.93. The monoisotopic (exact) mass is 313 g/mol. The van der Waals surface area contributed by atoms with Crippen molar-refractivity contribution in [2.24, 2.45) is 11.8 Å². The Kier molecular flexibility index (Phi) is 2.51. The first kappa shape index (κ1) is 14.1. The number of fused-ring (bicyclic) bond motifs is 5. The second-order valence-corrected chi connectivity index (χ2v) is 6.63. The van der Waals surface area contributed by atoms with Crippen molar-refractivity contribution in [2.75, 3.05) is 4.90 Å². The van der Waals surface area contributed by atoms with Crippen molar-refractivity contribution < 1.29 is 24.2 Å². The third kappa shape index (κ3) is 1.64. The molecule has 3 aliphatic heterocycles. The number of carbonyl (C=O) groups is 3. The molecule has 2 fully saturated rings. The van der Waals surface area contributed by atoms with Crippen molar-refractivity contribution in [1.29, 1.82) is 0 Å². The van der Waals surface area contributed by atoms with E-state index in [1.54, 1.807) is 6.07 Å². The number of carboxylic acid groups (broad SMARTS) is 1. The maximum absolute atomic E-state index is 12.9. The lowest BCUT2D eigenvalue weighted by Crippen LogP contribution is -2.39. The predicted octanol–water partition coefficient (Wildman–Crippen LogP) is 1.61. The van der Waals surface area contributed by atoms with Gasteiger partial charge in [-0.05, 0) is 32.0 Å². The van der Waals surface area contributed by atoms with E-state index in [4.69, 9.17) is 9.84 Å². The molecule has 1 aromatic carbocycles. The lowest BCUT2D eigenvalue weighted by molar-refractivity contribution is -0.128. The molecule has 0 aliphatic carbocycles. The van der Waals surface area contributed by atoms with Gasteiger partial charge in [0.05, 0.1) is 34.3 Å². The van der Waals surface area contributed by atoms with E-state index in [1.165, 1.54) is 18.2 Å². The fourth-order valence-electron chi connectivity index (χ4n) is 4.06. The highest BCUT2D eigenvalue weighted by Crippen LogP contribution is 2.57. The Balaban J connectivity index is 1.79. The molecular weight excluding hydrogens is 298 g/mol. The largest absolute Gasteiger partial charge is 0.478 e. The molecule has 23 heavy (non-hydrogen) atoms. The Hall–Kier alpha value is -2.47. The number of nitrogens with zero attached hydrogens (tertiary/aromatic N) is 1. The highest BCUT2D eigenvalue weighted by atomic mass is 16.5. The summed E-state index contributed by atoms with van der Waals surface area (Å²) in [4.78, 5) is 37.9. The van der Waals surface area contributed by atoms with Gasteiger partial charge in [-0.3, -0.25) is 9.59 Å². The number of imide groups is 1. The molecular formula is C17H15NO5. The van der Waals surface area contributed by atoms with Gasteiger partial charge in [-0.25, -0.2) is 9.69 Å². The van der Waals surface area contributed by atoms with Crippen LogP contribution in [0.15, 0.2) is 36.4 Å². The summed E-state index contributed by atoms with van der Waals surface area (Å²) in [5, 5.41) is 9.10. The van der Waals surface area contributed by atoms with Crippen LogP contribution >= 0.6 is 0 Å². The van der Waals surface area contributed by atoms with Gasteiger partial charge >= 0.3 is 5.97 Å². The Morgan fingerprint density at radius 2 is 1.70 bits per heavy atom. The van der Waals surface area contributed by atoms with Gasteiger partial charge in [-0.2, -0.15) is 0 Å². The molecule has 2 saturated heterocycles. The van der Waals surface area contributed by atoms with Crippen molar-refractivity contribution in [2.45, 2.75) is 25.0 Å². The number of hydrogen-bond acceptors (Lipinski definition) is 4. The summed E-state index contributed by atoms with van der Waals surface area (Å²) in [7, 11) is 0. The van der Waals surface area contributed by atoms with E-state index in [-0.39, 0.29) is 17.4 Å². The summed E-state index contributed by atoms with van der Waals surface area (Å²) >= 11 is 0. The van der Waals surface area contributed by atoms with Gasteiger partial charge in [0.15, 0.2) is 0 Å². The minimum atomic E-state index is -1.10. The summed E-state index contributed by atoms with van der Waals surface area (Å²) in [6.07, 6.45) is 3.69. The average Bonchev–Trinajstić information content (AvgIpc) is 3.04. The van der Waals surface area contributed by atoms with E-state index in [9.17, 15) is 14.4 Å². The number of hydrogen-bond donors (Lipinski definition) is 1. The molecule has 1 N–H and O–H groups in total. The van der Waals surface area contributed by atoms with Crippen LogP contribution in [-0.4, -0.2) is 34.1 Å². The Morgan fingerprint density at radius 1 is 1.13 bits per heavy atom. The van der Waals surface area contributed by atoms with Crippen molar-refractivity contribution in [1.82, 2.24) is 0 Å². The van der Waals surface area contributed by atoms with Crippen LogP contribution in [-0.2, 0) is 14.3 Å². The van der Waals surface area contributed by atoms with Gasteiger partial charge in [0.25, 0.3) is 0 Å². The van der Waals surface area contributed by atoms with Crippen LogP contribution in [0.25, 0.3) is 0 Å². The summed E-state index contributed by atoms with van der Waals surface area (Å²) in [6, 6.07) is 5.87. The maximum Gasteiger partial charge on any atom is 0.335 e. The minimum Gasteiger partial charge on any atom is -0.478 e. The fraction of sp³-hybridized carbons (Fsp3) is 0.353. The average molecular weight is 313 g/mol.